The van der Waals surface area contributed by atoms with E-state index in [0.717, 1.165) is 11.4 Å². The average Bonchev–Trinajstić information content (AvgIpc) is 2.82. The molecule has 0 saturated heterocycles. The summed E-state index contributed by atoms with van der Waals surface area (Å²) in [4.78, 5) is 0.176. The van der Waals surface area contributed by atoms with Crippen LogP contribution in [0.2, 0.25) is 5.02 Å². The van der Waals surface area contributed by atoms with E-state index in [1.54, 1.807) is 24.3 Å². The minimum Gasteiger partial charge on any atom is -0.346 e. The van der Waals surface area contributed by atoms with Gasteiger partial charge in [0.25, 0.3) is 0 Å². The Morgan fingerprint density at radius 3 is 2.57 bits per heavy atom. The molecule has 1 aromatic carbocycles. The Morgan fingerprint density at radius 1 is 1.14 bits per heavy atom. The Kier molecular flexibility index (Phi) is 3.59. The van der Waals surface area contributed by atoms with Crippen LogP contribution in [-0.2, 0) is 16.6 Å². The molecule has 0 fully saturated rings. The van der Waals surface area contributed by atoms with Crippen molar-refractivity contribution in [1.82, 2.24) is 8.87 Å². The van der Waals surface area contributed by atoms with Crippen molar-refractivity contribution in [2.24, 2.45) is 0 Å². The Bertz CT molecular complexity index is 783. The third-order valence-corrected chi connectivity index (χ3v) is 6.53. The van der Waals surface area contributed by atoms with Gasteiger partial charge in [-0.2, -0.15) is 4.31 Å². The molecule has 0 radical (unpaired) electrons. The highest BCUT2D eigenvalue weighted by atomic mass is 35.5. The van der Waals surface area contributed by atoms with Crippen LogP contribution in [-0.4, -0.2) is 23.8 Å². The van der Waals surface area contributed by atoms with Gasteiger partial charge >= 0.3 is 0 Å². The van der Waals surface area contributed by atoms with Crippen LogP contribution < -0.4 is 0 Å². The van der Waals surface area contributed by atoms with Gasteiger partial charge in [0.15, 0.2) is 0 Å². The summed E-state index contributed by atoms with van der Waals surface area (Å²) >= 11 is 6.07. The van der Waals surface area contributed by atoms with E-state index >= 15 is 0 Å². The highest BCUT2D eigenvalue weighted by Crippen LogP contribution is 2.34. The van der Waals surface area contributed by atoms with Crippen LogP contribution >= 0.6 is 11.6 Å². The van der Waals surface area contributed by atoms with Gasteiger partial charge in [0.05, 0.1) is 11.1 Å². The lowest BCUT2D eigenvalue weighted by atomic mass is 10.2. The predicted molar refractivity (Wildman–Crippen MR) is 82.9 cm³/mol. The van der Waals surface area contributed by atoms with Gasteiger partial charge in [0.2, 0.25) is 10.0 Å². The molecule has 0 bridgehead atoms. The molecule has 0 amide bonds. The van der Waals surface area contributed by atoms with Crippen molar-refractivity contribution in [1.29, 1.82) is 0 Å². The maximum atomic E-state index is 12.9. The van der Waals surface area contributed by atoms with Gasteiger partial charge in [0.1, 0.15) is 4.90 Å². The topological polar surface area (TPSA) is 42.3 Å². The molecule has 6 heteroatoms. The van der Waals surface area contributed by atoms with Crippen molar-refractivity contribution in [2.75, 3.05) is 6.54 Å². The molecule has 2 aromatic rings. The van der Waals surface area contributed by atoms with Crippen LogP contribution in [0.5, 0.6) is 0 Å². The Hall–Kier alpha value is -1.30. The van der Waals surface area contributed by atoms with Gasteiger partial charge in [-0.05, 0) is 38.1 Å². The third kappa shape index (κ3) is 2.29. The molecule has 3 rings (SSSR count). The maximum Gasteiger partial charge on any atom is 0.245 e. The number of hydrogen-bond acceptors (Lipinski definition) is 2. The molecule has 112 valence electrons. The fourth-order valence-electron chi connectivity index (χ4n) is 2.91. The summed E-state index contributed by atoms with van der Waals surface area (Å²) in [6, 6.07) is 10.4. The van der Waals surface area contributed by atoms with Crippen LogP contribution in [0.4, 0.5) is 0 Å². The normalized spacial score (nSPS) is 19.5. The second-order valence-electron chi connectivity index (χ2n) is 5.27. The zero-order chi connectivity index (χ0) is 15.2. The molecule has 4 nitrogen and oxygen atoms in total. The van der Waals surface area contributed by atoms with Crippen LogP contribution in [0.15, 0.2) is 41.3 Å². The molecule has 1 aliphatic rings. The number of rotatable bonds is 2. The van der Waals surface area contributed by atoms with Crippen molar-refractivity contribution in [3.63, 3.8) is 0 Å². The molecule has 0 saturated carbocycles. The number of hydrogen-bond donors (Lipinski definition) is 0. The SMILES string of the molecule is Cc1ccc2n1CCN(S(=O)(=O)c1ccccc1Cl)[C@H]2C. The number of halogens is 1. The van der Waals surface area contributed by atoms with E-state index in [4.69, 9.17) is 11.6 Å². The van der Waals surface area contributed by atoms with E-state index in [2.05, 4.69) is 4.57 Å². The zero-order valence-corrected chi connectivity index (χ0v) is 13.5. The summed E-state index contributed by atoms with van der Waals surface area (Å²) in [5, 5.41) is 0.266. The molecule has 2 heterocycles. The number of nitrogens with zero attached hydrogens (tertiary/aromatic N) is 2. The molecule has 0 spiro atoms. The first-order chi connectivity index (χ1) is 9.93. The van der Waals surface area contributed by atoms with E-state index in [1.807, 2.05) is 26.0 Å². The van der Waals surface area contributed by atoms with E-state index < -0.39 is 10.0 Å². The van der Waals surface area contributed by atoms with Crippen LogP contribution in [0.1, 0.15) is 24.4 Å². The van der Waals surface area contributed by atoms with E-state index in [0.29, 0.717) is 13.1 Å². The van der Waals surface area contributed by atoms with Crippen molar-refractivity contribution in [2.45, 2.75) is 31.3 Å². The molecule has 1 atom stereocenters. The summed E-state index contributed by atoms with van der Waals surface area (Å²) < 4.78 is 29.4. The number of sulfonamides is 1. The van der Waals surface area contributed by atoms with Crippen LogP contribution in [0.25, 0.3) is 0 Å². The predicted octanol–water partition coefficient (Wildman–Crippen LogP) is 3.22. The van der Waals surface area contributed by atoms with Crippen LogP contribution in [0.3, 0.4) is 0 Å². The second-order valence-corrected chi connectivity index (χ2v) is 7.54. The lowest BCUT2D eigenvalue weighted by molar-refractivity contribution is 0.280. The van der Waals surface area contributed by atoms with Crippen molar-refractivity contribution >= 4 is 21.6 Å². The van der Waals surface area contributed by atoms with Gasteiger partial charge in [-0.15, -0.1) is 0 Å². The first kappa shape index (κ1) is 14.6. The first-order valence-electron chi connectivity index (χ1n) is 6.85. The molecular formula is C15H17ClN2O2S. The van der Waals surface area contributed by atoms with Crippen LogP contribution in [0, 0.1) is 6.92 Å². The largest absolute Gasteiger partial charge is 0.346 e. The minimum atomic E-state index is -3.59. The molecule has 0 unspecified atom stereocenters. The summed E-state index contributed by atoms with van der Waals surface area (Å²) in [5.41, 5.74) is 2.18. The standard InChI is InChI=1S/C15H17ClN2O2S/c1-11-7-8-14-12(2)18(10-9-17(11)14)21(19,20)15-6-4-3-5-13(15)16/h3-8,12H,9-10H2,1-2H3/t12-/m0/s1. The lowest BCUT2D eigenvalue weighted by Crippen LogP contribution is -2.41. The van der Waals surface area contributed by atoms with Crippen molar-refractivity contribution in [3.8, 4) is 0 Å². The fourth-order valence-corrected chi connectivity index (χ4v) is 5.00. The number of aromatic nitrogens is 1. The van der Waals surface area contributed by atoms with Crippen molar-refractivity contribution in [3.05, 3.63) is 52.8 Å². The molecular weight excluding hydrogens is 308 g/mol. The van der Waals surface area contributed by atoms with Gasteiger partial charge in [-0.3, -0.25) is 0 Å². The molecule has 1 aliphatic heterocycles. The van der Waals surface area contributed by atoms with Gasteiger partial charge in [-0.1, -0.05) is 23.7 Å². The molecule has 1 aromatic heterocycles. The third-order valence-electron chi connectivity index (χ3n) is 4.06. The van der Waals surface area contributed by atoms with Gasteiger partial charge in [-0.25, -0.2) is 8.42 Å². The van der Waals surface area contributed by atoms with Crippen molar-refractivity contribution < 1.29 is 8.42 Å². The fraction of sp³-hybridized carbons (Fsp3) is 0.333. The van der Waals surface area contributed by atoms with Gasteiger partial charge < -0.3 is 4.57 Å². The molecule has 21 heavy (non-hydrogen) atoms. The van der Waals surface area contributed by atoms with E-state index in [-0.39, 0.29) is 16.0 Å². The van der Waals surface area contributed by atoms with E-state index in [1.165, 1.54) is 4.31 Å². The summed E-state index contributed by atoms with van der Waals surface area (Å²) in [6.45, 7) is 5.08. The first-order valence-corrected chi connectivity index (χ1v) is 8.67. The molecule has 0 N–H and O–H groups in total. The summed E-state index contributed by atoms with van der Waals surface area (Å²) in [6.07, 6.45) is 0. The Balaban J connectivity index is 2.04. The molecule has 0 aliphatic carbocycles. The summed E-state index contributed by atoms with van der Waals surface area (Å²) in [5.74, 6) is 0. The highest BCUT2D eigenvalue weighted by Gasteiger charge is 2.35. The second kappa shape index (κ2) is 5.16. The Morgan fingerprint density at radius 2 is 1.86 bits per heavy atom. The lowest BCUT2D eigenvalue weighted by Gasteiger charge is -2.34. The quantitative estimate of drug-likeness (QED) is 0.851. The highest BCUT2D eigenvalue weighted by molar-refractivity contribution is 7.89. The number of benzene rings is 1. The Labute approximate surface area is 130 Å². The number of fused-ring (bicyclic) bond motifs is 1. The minimum absolute atomic E-state index is 0.176. The monoisotopic (exact) mass is 324 g/mol. The zero-order valence-electron chi connectivity index (χ0n) is 12.0. The van der Waals surface area contributed by atoms with Gasteiger partial charge in [0, 0.05) is 24.5 Å². The number of aryl methyl sites for hydroxylation is 1. The van der Waals surface area contributed by atoms with E-state index in [9.17, 15) is 8.42 Å². The smallest absolute Gasteiger partial charge is 0.245 e. The average molecular weight is 325 g/mol. The maximum absolute atomic E-state index is 12.9. The summed E-state index contributed by atoms with van der Waals surface area (Å²) in [7, 11) is -3.59.